The molecule has 0 saturated carbocycles. The summed E-state index contributed by atoms with van der Waals surface area (Å²) in [6, 6.07) is 4.87. The lowest BCUT2D eigenvalue weighted by Crippen LogP contribution is -2.25. The molecule has 1 unspecified atom stereocenters. The number of carbonyl (C=O) groups excluding carboxylic acids is 2. The number of unbranched alkanes of at least 4 members (excludes halogenated alkanes) is 1. The smallest absolute Gasteiger partial charge is 0.300 e. The van der Waals surface area contributed by atoms with Gasteiger partial charge in [0.1, 0.15) is 0 Å². The van der Waals surface area contributed by atoms with E-state index in [1.165, 1.54) is 6.07 Å². The van der Waals surface area contributed by atoms with Crippen LogP contribution in [0.1, 0.15) is 74.4 Å². The Kier molecular flexibility index (Phi) is 6.72. The van der Waals surface area contributed by atoms with Gasteiger partial charge in [0.15, 0.2) is 0 Å². The molecule has 6 heteroatoms. The lowest BCUT2D eigenvalue weighted by atomic mass is 9.76. The molecule has 0 aliphatic heterocycles. The molecule has 0 aromatic heterocycles. The van der Waals surface area contributed by atoms with Crippen molar-refractivity contribution < 1.29 is 29.9 Å². The summed E-state index contributed by atoms with van der Waals surface area (Å²) < 4.78 is 0. The first kappa shape index (κ1) is 19.1. The van der Waals surface area contributed by atoms with Crippen molar-refractivity contribution in [2.24, 2.45) is 0 Å². The molecule has 0 bridgehead atoms. The van der Waals surface area contributed by atoms with Gasteiger partial charge in [-0.25, -0.2) is 9.59 Å². The fourth-order valence-corrected chi connectivity index (χ4v) is 2.79. The molecule has 1 aromatic carbocycles. The van der Waals surface area contributed by atoms with Crippen LogP contribution in [0.4, 0.5) is 0 Å². The van der Waals surface area contributed by atoms with Crippen LogP contribution < -0.4 is 0 Å². The van der Waals surface area contributed by atoms with E-state index >= 15 is 0 Å². The Bertz CT molecular complexity index is 559. The van der Waals surface area contributed by atoms with Gasteiger partial charge in [0.05, 0.1) is 11.5 Å². The van der Waals surface area contributed by atoms with Gasteiger partial charge in [-0.3, -0.25) is 4.89 Å². The molecule has 0 aliphatic rings. The lowest BCUT2D eigenvalue weighted by Gasteiger charge is -2.28. The maximum absolute atomic E-state index is 12.0. The summed E-state index contributed by atoms with van der Waals surface area (Å²) in [5.74, 6) is -2.34. The van der Waals surface area contributed by atoms with Crippen molar-refractivity contribution in [2.75, 3.05) is 0 Å². The monoisotopic (exact) mass is 324 g/mol. The van der Waals surface area contributed by atoms with Crippen LogP contribution in [0.15, 0.2) is 18.2 Å². The van der Waals surface area contributed by atoms with Gasteiger partial charge in [0.25, 0.3) is 0 Å². The molecule has 0 spiro atoms. The van der Waals surface area contributed by atoms with E-state index in [4.69, 9.17) is 10.5 Å². The highest BCUT2D eigenvalue weighted by atomic mass is 17.1. The van der Waals surface area contributed by atoms with E-state index in [0.717, 1.165) is 12.8 Å². The number of benzene rings is 1. The van der Waals surface area contributed by atoms with Crippen LogP contribution >= 0.6 is 0 Å². The number of carbonyl (C=O) groups is 2. The zero-order valence-electron chi connectivity index (χ0n) is 14.0. The Labute approximate surface area is 135 Å². The average molecular weight is 324 g/mol. The molecular formula is C17H24O6. The summed E-state index contributed by atoms with van der Waals surface area (Å²) in [6.07, 6.45) is 2.12. The molecule has 0 aliphatic carbocycles. The summed E-state index contributed by atoms with van der Waals surface area (Å²) in [7, 11) is 0. The fourth-order valence-electron chi connectivity index (χ4n) is 2.79. The van der Waals surface area contributed by atoms with E-state index in [9.17, 15) is 9.59 Å². The molecule has 128 valence electrons. The fraction of sp³-hybridized carbons (Fsp3) is 0.529. The first-order valence-corrected chi connectivity index (χ1v) is 7.62. The van der Waals surface area contributed by atoms with Gasteiger partial charge >= 0.3 is 11.9 Å². The first-order valence-electron chi connectivity index (χ1n) is 7.62. The van der Waals surface area contributed by atoms with Crippen molar-refractivity contribution in [1.29, 1.82) is 0 Å². The van der Waals surface area contributed by atoms with E-state index in [0.29, 0.717) is 17.5 Å². The summed E-state index contributed by atoms with van der Waals surface area (Å²) in [6.45, 7) is 7.66. The Morgan fingerprint density at radius 1 is 1.17 bits per heavy atom. The zero-order chi connectivity index (χ0) is 17.6. The second kappa shape index (κ2) is 8.08. The van der Waals surface area contributed by atoms with Gasteiger partial charge < -0.3 is 4.89 Å². The Balaban J connectivity index is 3.53. The summed E-state index contributed by atoms with van der Waals surface area (Å²) >= 11 is 0. The standard InChI is InChI=1S/C17H24O6/c1-5-6-8-12(15(18)22-20)11-9-7-10-13(16(19)23-21)14(11)17(2,3)4/h7,9-10,12,20-21H,5-6,8H2,1-4H3. The molecule has 0 amide bonds. The largest absolute Gasteiger partial charge is 0.373 e. The van der Waals surface area contributed by atoms with Crippen molar-refractivity contribution in [3.8, 4) is 0 Å². The van der Waals surface area contributed by atoms with Gasteiger partial charge in [-0.2, -0.15) is 10.5 Å². The van der Waals surface area contributed by atoms with Gasteiger partial charge in [-0.05, 0) is 29.0 Å². The minimum atomic E-state index is -0.886. The van der Waals surface area contributed by atoms with E-state index in [-0.39, 0.29) is 5.56 Å². The first-order chi connectivity index (χ1) is 10.8. The zero-order valence-corrected chi connectivity index (χ0v) is 14.0. The molecule has 0 heterocycles. The summed E-state index contributed by atoms with van der Waals surface area (Å²) in [5.41, 5.74) is 0.878. The van der Waals surface area contributed by atoms with Crippen molar-refractivity contribution in [2.45, 2.75) is 58.3 Å². The Morgan fingerprint density at radius 2 is 1.83 bits per heavy atom. The van der Waals surface area contributed by atoms with Gasteiger partial charge in [0.2, 0.25) is 0 Å². The quantitative estimate of drug-likeness (QED) is 0.609. The molecule has 6 nitrogen and oxygen atoms in total. The molecule has 1 rings (SSSR count). The topological polar surface area (TPSA) is 93.1 Å². The maximum atomic E-state index is 12.0. The highest BCUT2D eigenvalue weighted by Crippen LogP contribution is 2.36. The van der Waals surface area contributed by atoms with Crippen LogP contribution in [0.5, 0.6) is 0 Å². The van der Waals surface area contributed by atoms with Crippen molar-refractivity contribution in [1.82, 2.24) is 0 Å². The predicted octanol–water partition coefficient (Wildman–Crippen LogP) is 3.90. The van der Waals surface area contributed by atoms with Gasteiger partial charge in [-0.1, -0.05) is 52.7 Å². The molecule has 0 radical (unpaired) electrons. The highest BCUT2D eigenvalue weighted by molar-refractivity contribution is 5.92. The molecular weight excluding hydrogens is 300 g/mol. The molecule has 1 atom stereocenters. The Morgan fingerprint density at radius 3 is 2.30 bits per heavy atom. The average Bonchev–Trinajstić information content (AvgIpc) is 2.52. The van der Waals surface area contributed by atoms with E-state index < -0.39 is 23.3 Å². The van der Waals surface area contributed by atoms with Crippen LogP contribution in [-0.2, 0) is 20.0 Å². The molecule has 2 N–H and O–H groups in total. The van der Waals surface area contributed by atoms with Gasteiger partial charge in [0, 0.05) is 0 Å². The Hall–Kier alpha value is -1.92. The molecule has 23 heavy (non-hydrogen) atoms. The maximum Gasteiger partial charge on any atom is 0.373 e. The number of hydrogen-bond donors (Lipinski definition) is 2. The van der Waals surface area contributed by atoms with E-state index in [1.807, 2.05) is 27.7 Å². The van der Waals surface area contributed by atoms with Crippen LogP contribution in [0.25, 0.3) is 0 Å². The molecule has 0 saturated heterocycles. The van der Waals surface area contributed by atoms with Crippen LogP contribution in [-0.4, -0.2) is 22.5 Å². The summed E-state index contributed by atoms with van der Waals surface area (Å²) in [5, 5.41) is 17.5. The molecule has 1 aromatic rings. The van der Waals surface area contributed by atoms with Gasteiger partial charge in [-0.15, -0.1) is 0 Å². The lowest BCUT2D eigenvalue weighted by molar-refractivity contribution is -0.236. The van der Waals surface area contributed by atoms with Crippen LogP contribution in [0.3, 0.4) is 0 Å². The van der Waals surface area contributed by atoms with Crippen LogP contribution in [0, 0.1) is 0 Å². The predicted molar refractivity (Wildman–Crippen MR) is 84.2 cm³/mol. The van der Waals surface area contributed by atoms with Crippen molar-refractivity contribution in [3.63, 3.8) is 0 Å². The third-order valence-electron chi connectivity index (χ3n) is 3.75. The van der Waals surface area contributed by atoms with Crippen molar-refractivity contribution in [3.05, 3.63) is 34.9 Å². The van der Waals surface area contributed by atoms with E-state index in [1.54, 1.807) is 12.1 Å². The third kappa shape index (κ3) is 4.53. The molecule has 0 fully saturated rings. The third-order valence-corrected chi connectivity index (χ3v) is 3.75. The highest BCUT2D eigenvalue weighted by Gasteiger charge is 2.32. The van der Waals surface area contributed by atoms with Crippen LogP contribution in [0.2, 0.25) is 0 Å². The normalized spacial score (nSPS) is 12.6. The van der Waals surface area contributed by atoms with Crippen molar-refractivity contribution >= 4 is 11.9 Å². The minimum absolute atomic E-state index is 0.185. The number of rotatable bonds is 6. The number of hydrogen-bond acceptors (Lipinski definition) is 6. The second-order valence-corrected chi connectivity index (χ2v) is 6.50. The summed E-state index contributed by atoms with van der Waals surface area (Å²) in [4.78, 5) is 31.7. The minimum Gasteiger partial charge on any atom is -0.300 e. The SMILES string of the molecule is CCCCC(C(=O)OO)c1cccc(C(=O)OO)c1C(C)(C)C. The van der Waals surface area contributed by atoms with E-state index in [2.05, 4.69) is 9.78 Å². The second-order valence-electron chi connectivity index (χ2n) is 6.50.